The molecule has 0 radical (unpaired) electrons. The van der Waals surface area contributed by atoms with Crippen molar-refractivity contribution in [1.29, 1.82) is 0 Å². The van der Waals surface area contributed by atoms with E-state index < -0.39 is 11.7 Å². The van der Waals surface area contributed by atoms with Crippen molar-refractivity contribution in [3.05, 3.63) is 30.9 Å². The Bertz CT molecular complexity index is 960. The fraction of sp³-hybridized carbons (Fsp3) is 0.294. The third-order valence-corrected chi connectivity index (χ3v) is 3.30. The summed E-state index contributed by atoms with van der Waals surface area (Å²) < 4.78 is 6.85. The van der Waals surface area contributed by atoms with Crippen molar-refractivity contribution in [3.8, 4) is 22.8 Å². The molecule has 3 rings (SSSR count). The predicted molar refractivity (Wildman–Crippen MR) is 99.5 cm³/mol. The van der Waals surface area contributed by atoms with E-state index in [1.165, 1.54) is 0 Å². The van der Waals surface area contributed by atoms with Gasteiger partial charge >= 0.3 is 6.09 Å². The van der Waals surface area contributed by atoms with E-state index in [0.717, 1.165) is 0 Å². The number of aryl methyl sites for hydroxylation is 1. The third kappa shape index (κ3) is 4.54. The molecule has 0 spiro atoms. The molecule has 1 amide bonds. The number of hydrogen-bond donors (Lipinski definition) is 2. The lowest BCUT2D eigenvalue weighted by atomic mass is 10.2. The lowest BCUT2D eigenvalue weighted by Crippen LogP contribution is -2.27. The van der Waals surface area contributed by atoms with Gasteiger partial charge in [-0.1, -0.05) is 0 Å². The molecule has 0 saturated carbocycles. The SMILES string of the molecule is Cn1cc(NC(=O)OC(C)(C)C)c(-c2nccc(-c3cnc(N)nc3)n2)n1. The number of ether oxygens (including phenoxy) is 1. The second-order valence-electron chi connectivity index (χ2n) is 6.79. The van der Waals surface area contributed by atoms with E-state index in [9.17, 15) is 4.79 Å². The first-order valence-electron chi connectivity index (χ1n) is 8.16. The average molecular weight is 368 g/mol. The smallest absolute Gasteiger partial charge is 0.412 e. The van der Waals surface area contributed by atoms with Crippen molar-refractivity contribution in [3.63, 3.8) is 0 Å². The first kappa shape index (κ1) is 18.2. The Labute approximate surface area is 155 Å². The highest BCUT2D eigenvalue weighted by molar-refractivity contribution is 5.89. The van der Waals surface area contributed by atoms with Crippen molar-refractivity contribution in [1.82, 2.24) is 29.7 Å². The van der Waals surface area contributed by atoms with Crippen LogP contribution in [0.25, 0.3) is 22.8 Å². The average Bonchev–Trinajstić information content (AvgIpc) is 2.94. The highest BCUT2D eigenvalue weighted by Crippen LogP contribution is 2.26. The van der Waals surface area contributed by atoms with Crippen LogP contribution in [0.3, 0.4) is 0 Å². The summed E-state index contributed by atoms with van der Waals surface area (Å²) in [5.74, 6) is 0.526. The Balaban J connectivity index is 1.92. The highest BCUT2D eigenvalue weighted by atomic mass is 16.6. The molecular formula is C17H20N8O2. The molecule has 3 N–H and O–H groups in total. The molecule has 140 valence electrons. The van der Waals surface area contributed by atoms with Crippen molar-refractivity contribution in [2.45, 2.75) is 26.4 Å². The first-order chi connectivity index (χ1) is 12.7. The van der Waals surface area contributed by atoms with E-state index in [2.05, 4.69) is 30.4 Å². The summed E-state index contributed by atoms with van der Waals surface area (Å²) >= 11 is 0. The van der Waals surface area contributed by atoms with E-state index in [-0.39, 0.29) is 5.95 Å². The van der Waals surface area contributed by atoms with Crippen LogP contribution in [0.1, 0.15) is 20.8 Å². The fourth-order valence-electron chi connectivity index (χ4n) is 2.26. The summed E-state index contributed by atoms with van der Waals surface area (Å²) in [7, 11) is 1.74. The number of nitrogens with two attached hydrogens (primary N) is 1. The summed E-state index contributed by atoms with van der Waals surface area (Å²) in [4.78, 5) is 28.8. The van der Waals surface area contributed by atoms with E-state index in [4.69, 9.17) is 10.5 Å². The maximum absolute atomic E-state index is 12.1. The molecule has 10 nitrogen and oxygen atoms in total. The molecule has 0 unspecified atom stereocenters. The minimum atomic E-state index is -0.613. The molecule has 0 aliphatic heterocycles. The van der Waals surface area contributed by atoms with Gasteiger partial charge in [0, 0.05) is 37.4 Å². The van der Waals surface area contributed by atoms with Gasteiger partial charge in [-0.25, -0.2) is 24.7 Å². The Kier molecular flexibility index (Phi) is 4.72. The van der Waals surface area contributed by atoms with Crippen LogP contribution in [0.2, 0.25) is 0 Å². The van der Waals surface area contributed by atoms with E-state index in [1.54, 1.807) is 63.4 Å². The number of carbonyl (C=O) groups is 1. The summed E-state index contributed by atoms with van der Waals surface area (Å²) in [6.07, 6.45) is 5.82. The minimum absolute atomic E-state index is 0.182. The predicted octanol–water partition coefficient (Wildman–Crippen LogP) is 2.26. The summed E-state index contributed by atoms with van der Waals surface area (Å²) in [5, 5.41) is 7.04. The zero-order chi connectivity index (χ0) is 19.6. The standard InChI is InChI=1S/C17H20N8O2/c1-17(2,3)27-16(26)23-12-9-25(4)24-13(12)14-19-6-5-11(22-14)10-7-20-15(18)21-8-10/h5-9H,1-4H3,(H,23,26)(H2,18,20,21). The molecule has 3 heterocycles. The third-order valence-electron chi connectivity index (χ3n) is 3.30. The zero-order valence-corrected chi connectivity index (χ0v) is 15.5. The Morgan fingerprint density at radius 2 is 1.93 bits per heavy atom. The summed E-state index contributed by atoms with van der Waals surface area (Å²) in [6.45, 7) is 5.37. The fourth-order valence-corrected chi connectivity index (χ4v) is 2.26. The minimum Gasteiger partial charge on any atom is -0.444 e. The van der Waals surface area contributed by atoms with Crippen LogP contribution in [-0.2, 0) is 11.8 Å². The number of nitrogens with zero attached hydrogens (tertiary/aromatic N) is 6. The number of nitrogen functional groups attached to an aromatic ring is 1. The number of carbonyl (C=O) groups excluding carboxylic acids is 1. The number of aromatic nitrogens is 6. The van der Waals surface area contributed by atoms with Gasteiger partial charge in [-0.05, 0) is 26.8 Å². The molecule has 3 aromatic rings. The molecule has 0 aliphatic rings. The highest BCUT2D eigenvalue weighted by Gasteiger charge is 2.20. The lowest BCUT2D eigenvalue weighted by molar-refractivity contribution is 0.0636. The molecule has 0 atom stereocenters. The van der Waals surface area contributed by atoms with Gasteiger partial charge < -0.3 is 10.5 Å². The van der Waals surface area contributed by atoms with Crippen LogP contribution in [0, 0.1) is 0 Å². The van der Waals surface area contributed by atoms with Gasteiger partial charge in [0.05, 0.1) is 11.4 Å². The number of rotatable bonds is 3. The lowest BCUT2D eigenvalue weighted by Gasteiger charge is -2.19. The van der Waals surface area contributed by atoms with Crippen LogP contribution in [-0.4, -0.2) is 41.4 Å². The quantitative estimate of drug-likeness (QED) is 0.719. The summed E-state index contributed by atoms with van der Waals surface area (Å²) in [5.41, 5.74) is 7.06. The molecule has 0 aromatic carbocycles. The van der Waals surface area contributed by atoms with E-state index in [0.29, 0.717) is 28.5 Å². The molecular weight excluding hydrogens is 348 g/mol. The van der Waals surface area contributed by atoms with Gasteiger partial charge in [0.25, 0.3) is 0 Å². The zero-order valence-electron chi connectivity index (χ0n) is 15.5. The second kappa shape index (κ2) is 6.98. The summed E-state index contributed by atoms with van der Waals surface area (Å²) in [6, 6.07) is 1.72. The van der Waals surface area contributed by atoms with Gasteiger partial charge in [-0.2, -0.15) is 5.10 Å². The van der Waals surface area contributed by atoms with Gasteiger partial charge in [0.1, 0.15) is 5.60 Å². The molecule has 0 aliphatic carbocycles. The van der Waals surface area contributed by atoms with E-state index >= 15 is 0 Å². The Hall–Kier alpha value is -3.56. The van der Waals surface area contributed by atoms with Crippen LogP contribution in [0.5, 0.6) is 0 Å². The van der Waals surface area contributed by atoms with Gasteiger partial charge in [0.2, 0.25) is 5.95 Å². The molecule has 0 fully saturated rings. The first-order valence-corrected chi connectivity index (χ1v) is 8.16. The number of hydrogen-bond acceptors (Lipinski definition) is 8. The van der Waals surface area contributed by atoms with Gasteiger partial charge in [-0.3, -0.25) is 10.00 Å². The maximum atomic E-state index is 12.1. The van der Waals surface area contributed by atoms with Crippen LogP contribution < -0.4 is 11.1 Å². The monoisotopic (exact) mass is 368 g/mol. The van der Waals surface area contributed by atoms with Crippen molar-refractivity contribution in [2.24, 2.45) is 7.05 Å². The Morgan fingerprint density at radius 3 is 2.59 bits per heavy atom. The number of anilines is 2. The normalized spacial score (nSPS) is 11.3. The maximum Gasteiger partial charge on any atom is 0.412 e. The molecule has 0 bridgehead atoms. The van der Waals surface area contributed by atoms with Crippen molar-refractivity contribution < 1.29 is 9.53 Å². The largest absolute Gasteiger partial charge is 0.444 e. The van der Waals surface area contributed by atoms with Gasteiger partial charge in [0.15, 0.2) is 11.5 Å². The molecule has 27 heavy (non-hydrogen) atoms. The van der Waals surface area contributed by atoms with Crippen LogP contribution in [0.4, 0.5) is 16.4 Å². The molecule has 0 saturated heterocycles. The number of nitrogens with one attached hydrogen (secondary N) is 1. The topological polar surface area (TPSA) is 134 Å². The van der Waals surface area contributed by atoms with Crippen molar-refractivity contribution in [2.75, 3.05) is 11.1 Å². The van der Waals surface area contributed by atoms with Gasteiger partial charge in [-0.15, -0.1) is 0 Å². The number of amides is 1. The second-order valence-corrected chi connectivity index (χ2v) is 6.79. The molecule has 10 heteroatoms. The van der Waals surface area contributed by atoms with E-state index in [1.807, 2.05) is 0 Å². The molecule has 3 aromatic heterocycles. The van der Waals surface area contributed by atoms with Crippen LogP contribution >= 0.6 is 0 Å². The van der Waals surface area contributed by atoms with Crippen molar-refractivity contribution >= 4 is 17.7 Å². The Morgan fingerprint density at radius 1 is 1.22 bits per heavy atom. The van der Waals surface area contributed by atoms with Crippen LogP contribution in [0.15, 0.2) is 30.9 Å².